The van der Waals surface area contributed by atoms with E-state index in [1.54, 1.807) is 13.1 Å². The standard InChI is InChI=1S/C24H25NO2/c1-5-27-22-12-10-20(11-13-22)24(19(4)26,21-14-15-25-18(3)16-21)23-9-7-6-8-17(23)2/h6-16H,5H2,1-4H3/t24-/m0/s1. The van der Waals surface area contributed by atoms with E-state index >= 15 is 0 Å². The zero-order chi connectivity index (χ0) is 19.4. The fraction of sp³-hybridized carbons (Fsp3) is 0.250. The predicted octanol–water partition coefficient (Wildman–Crippen LogP) is 5.02. The van der Waals surface area contributed by atoms with Gasteiger partial charge in [0.05, 0.1) is 6.61 Å². The van der Waals surface area contributed by atoms with Crippen LogP contribution in [0.1, 0.15) is 41.8 Å². The van der Waals surface area contributed by atoms with Crippen LogP contribution in [0.2, 0.25) is 0 Å². The molecule has 0 radical (unpaired) electrons. The van der Waals surface area contributed by atoms with Crippen molar-refractivity contribution >= 4 is 5.78 Å². The molecular weight excluding hydrogens is 334 g/mol. The lowest BCUT2D eigenvalue weighted by Crippen LogP contribution is -2.37. The lowest BCUT2D eigenvalue weighted by atomic mass is 9.66. The van der Waals surface area contributed by atoms with Crippen molar-refractivity contribution in [2.45, 2.75) is 33.1 Å². The normalized spacial score (nSPS) is 13.0. The van der Waals surface area contributed by atoms with Crippen LogP contribution in [0.3, 0.4) is 0 Å². The summed E-state index contributed by atoms with van der Waals surface area (Å²) in [6.07, 6.45) is 1.77. The summed E-state index contributed by atoms with van der Waals surface area (Å²) in [5.74, 6) is 0.876. The highest BCUT2D eigenvalue weighted by atomic mass is 16.5. The minimum absolute atomic E-state index is 0.0755. The molecule has 0 aliphatic heterocycles. The molecule has 0 amide bonds. The van der Waals surface area contributed by atoms with Crippen molar-refractivity contribution in [3.05, 3.63) is 94.8 Å². The Morgan fingerprint density at radius 3 is 2.30 bits per heavy atom. The molecule has 3 aromatic rings. The molecule has 1 atom stereocenters. The smallest absolute Gasteiger partial charge is 0.149 e. The Bertz CT molecular complexity index is 947. The Labute approximate surface area is 161 Å². The number of aryl methyl sites for hydroxylation is 2. The van der Waals surface area contributed by atoms with Crippen molar-refractivity contribution in [3.63, 3.8) is 0 Å². The summed E-state index contributed by atoms with van der Waals surface area (Å²) in [7, 11) is 0. The Morgan fingerprint density at radius 2 is 1.70 bits per heavy atom. The largest absolute Gasteiger partial charge is 0.494 e. The number of carbonyl (C=O) groups is 1. The van der Waals surface area contributed by atoms with E-state index in [1.807, 2.05) is 68.4 Å². The lowest BCUT2D eigenvalue weighted by Gasteiger charge is -2.34. The number of ketones is 1. The van der Waals surface area contributed by atoms with E-state index in [2.05, 4.69) is 18.0 Å². The summed E-state index contributed by atoms with van der Waals surface area (Å²) in [4.78, 5) is 17.6. The molecule has 1 heterocycles. The summed E-state index contributed by atoms with van der Waals surface area (Å²) in [6.45, 7) is 8.23. The molecule has 27 heavy (non-hydrogen) atoms. The van der Waals surface area contributed by atoms with Gasteiger partial charge in [-0.05, 0) is 74.2 Å². The van der Waals surface area contributed by atoms with Crippen LogP contribution in [-0.2, 0) is 10.2 Å². The summed E-state index contributed by atoms with van der Waals surface area (Å²) in [5.41, 5.74) is 3.93. The van der Waals surface area contributed by atoms with Gasteiger partial charge in [0.2, 0.25) is 0 Å². The van der Waals surface area contributed by atoms with Crippen LogP contribution in [-0.4, -0.2) is 17.4 Å². The summed E-state index contributed by atoms with van der Waals surface area (Å²) >= 11 is 0. The quantitative estimate of drug-likeness (QED) is 0.620. The number of rotatable bonds is 6. The monoisotopic (exact) mass is 359 g/mol. The highest BCUT2D eigenvalue weighted by Crippen LogP contribution is 2.42. The van der Waals surface area contributed by atoms with E-state index in [4.69, 9.17) is 4.74 Å². The van der Waals surface area contributed by atoms with Gasteiger partial charge in [0, 0.05) is 11.9 Å². The maximum absolute atomic E-state index is 13.3. The van der Waals surface area contributed by atoms with Crippen LogP contribution in [0.4, 0.5) is 0 Å². The second-order valence-corrected chi connectivity index (χ2v) is 6.76. The third kappa shape index (κ3) is 3.37. The van der Waals surface area contributed by atoms with Crippen LogP contribution in [0, 0.1) is 13.8 Å². The number of nitrogens with zero attached hydrogens (tertiary/aromatic N) is 1. The second kappa shape index (κ2) is 7.75. The summed E-state index contributed by atoms with van der Waals surface area (Å²) in [6, 6.07) is 19.9. The first kappa shape index (κ1) is 18.8. The molecule has 3 heteroatoms. The minimum atomic E-state index is -0.885. The first-order valence-electron chi connectivity index (χ1n) is 9.23. The molecule has 138 valence electrons. The van der Waals surface area contributed by atoms with E-state index in [0.717, 1.165) is 33.7 Å². The fourth-order valence-electron chi connectivity index (χ4n) is 3.81. The minimum Gasteiger partial charge on any atom is -0.494 e. The maximum atomic E-state index is 13.3. The molecule has 3 nitrogen and oxygen atoms in total. The number of Topliss-reactive ketones (excluding diaryl/α,β-unsaturated/α-hetero) is 1. The summed E-state index contributed by atoms with van der Waals surface area (Å²) < 4.78 is 5.59. The Balaban J connectivity index is 2.34. The van der Waals surface area contributed by atoms with Crippen LogP contribution in [0.15, 0.2) is 66.9 Å². The first-order valence-corrected chi connectivity index (χ1v) is 9.23. The van der Waals surface area contributed by atoms with E-state index in [9.17, 15) is 4.79 Å². The molecule has 0 aliphatic rings. The third-order valence-corrected chi connectivity index (χ3v) is 5.01. The van der Waals surface area contributed by atoms with Crippen LogP contribution >= 0.6 is 0 Å². The number of aromatic nitrogens is 1. The van der Waals surface area contributed by atoms with Gasteiger partial charge in [0.25, 0.3) is 0 Å². The second-order valence-electron chi connectivity index (χ2n) is 6.76. The highest BCUT2D eigenvalue weighted by Gasteiger charge is 2.42. The van der Waals surface area contributed by atoms with Gasteiger partial charge < -0.3 is 4.74 Å². The van der Waals surface area contributed by atoms with E-state index < -0.39 is 5.41 Å². The molecule has 0 saturated carbocycles. The number of hydrogen-bond donors (Lipinski definition) is 0. The van der Waals surface area contributed by atoms with Gasteiger partial charge in [-0.1, -0.05) is 36.4 Å². The Morgan fingerprint density at radius 1 is 1.00 bits per heavy atom. The Hall–Kier alpha value is -2.94. The van der Waals surface area contributed by atoms with Gasteiger partial charge in [0.15, 0.2) is 0 Å². The number of carbonyl (C=O) groups excluding carboxylic acids is 1. The van der Waals surface area contributed by atoms with Gasteiger partial charge in [-0.2, -0.15) is 0 Å². The number of pyridine rings is 1. The molecule has 1 aromatic heterocycles. The SMILES string of the molecule is CCOc1ccc([C@@](C(C)=O)(c2ccnc(C)c2)c2ccccc2C)cc1. The third-order valence-electron chi connectivity index (χ3n) is 5.01. The van der Waals surface area contributed by atoms with Crippen molar-refractivity contribution in [3.8, 4) is 5.75 Å². The Kier molecular flexibility index (Phi) is 5.41. The number of hydrogen-bond acceptors (Lipinski definition) is 3. The van der Waals surface area contributed by atoms with E-state index in [0.29, 0.717) is 6.61 Å². The zero-order valence-corrected chi connectivity index (χ0v) is 16.3. The average Bonchev–Trinajstić information content (AvgIpc) is 2.65. The molecule has 0 bridgehead atoms. The van der Waals surface area contributed by atoms with Crippen molar-refractivity contribution in [2.24, 2.45) is 0 Å². The molecule has 2 aromatic carbocycles. The van der Waals surface area contributed by atoms with Crippen LogP contribution in [0.5, 0.6) is 5.75 Å². The van der Waals surface area contributed by atoms with E-state index in [-0.39, 0.29) is 5.78 Å². The van der Waals surface area contributed by atoms with Gasteiger partial charge in [-0.15, -0.1) is 0 Å². The molecule has 0 unspecified atom stereocenters. The first-order chi connectivity index (χ1) is 13.0. The zero-order valence-electron chi connectivity index (χ0n) is 16.3. The topological polar surface area (TPSA) is 39.2 Å². The van der Waals surface area contributed by atoms with Gasteiger partial charge in [0.1, 0.15) is 16.9 Å². The molecule has 3 rings (SSSR count). The number of benzene rings is 2. The molecule has 0 saturated heterocycles. The van der Waals surface area contributed by atoms with Crippen molar-refractivity contribution in [1.29, 1.82) is 0 Å². The lowest BCUT2D eigenvalue weighted by molar-refractivity contribution is -0.119. The van der Waals surface area contributed by atoms with E-state index in [1.165, 1.54) is 0 Å². The molecule has 0 N–H and O–H groups in total. The molecule has 0 fully saturated rings. The summed E-state index contributed by atoms with van der Waals surface area (Å²) in [5, 5.41) is 0. The average molecular weight is 359 g/mol. The fourth-order valence-corrected chi connectivity index (χ4v) is 3.81. The van der Waals surface area contributed by atoms with Gasteiger partial charge >= 0.3 is 0 Å². The van der Waals surface area contributed by atoms with Crippen LogP contribution < -0.4 is 4.74 Å². The maximum Gasteiger partial charge on any atom is 0.149 e. The van der Waals surface area contributed by atoms with Crippen molar-refractivity contribution in [1.82, 2.24) is 4.98 Å². The molecular formula is C24H25NO2. The van der Waals surface area contributed by atoms with Gasteiger partial charge in [-0.25, -0.2) is 0 Å². The molecule has 0 spiro atoms. The van der Waals surface area contributed by atoms with Crippen LogP contribution in [0.25, 0.3) is 0 Å². The highest BCUT2D eigenvalue weighted by molar-refractivity contribution is 5.96. The van der Waals surface area contributed by atoms with Gasteiger partial charge in [-0.3, -0.25) is 9.78 Å². The molecule has 0 aliphatic carbocycles. The van der Waals surface area contributed by atoms with Crippen molar-refractivity contribution < 1.29 is 9.53 Å². The predicted molar refractivity (Wildman–Crippen MR) is 108 cm³/mol. The van der Waals surface area contributed by atoms with Crippen molar-refractivity contribution in [2.75, 3.05) is 6.61 Å². The number of ether oxygens (including phenoxy) is 1.